The molecule has 0 unspecified atom stereocenters. The molecule has 0 spiro atoms. The van der Waals surface area contributed by atoms with Gasteiger partial charge in [-0.2, -0.15) is 27.7 Å². The number of sulfonamides is 4. The number of nitrogens with zero attached hydrogens (tertiary/aromatic N) is 6. The fraction of sp³-hybridized carbons (Fsp3) is 0.292. The molecule has 0 saturated heterocycles. The number of hydrogen-bond acceptors (Lipinski definition) is 10. The van der Waals surface area contributed by atoms with Gasteiger partial charge >= 0.3 is 0 Å². The van der Waals surface area contributed by atoms with E-state index in [9.17, 15) is 44.2 Å². The van der Waals surface area contributed by atoms with Crippen LogP contribution < -0.4 is 0 Å². The minimum absolute atomic E-state index is 0.00853. The van der Waals surface area contributed by atoms with Gasteiger partial charge in [0.1, 0.15) is 0 Å². The van der Waals surface area contributed by atoms with E-state index >= 15 is 0 Å². The molecule has 5 aromatic carbocycles. The summed E-state index contributed by atoms with van der Waals surface area (Å²) in [6.45, 7) is 5.51. The molecule has 0 radical (unpaired) electrons. The molecule has 5 aromatic rings. The molecule has 14 nitrogen and oxygen atoms in total. The average Bonchev–Trinajstić information content (AvgIpc) is 3.73. The molecule has 0 fully saturated rings. The summed E-state index contributed by atoms with van der Waals surface area (Å²) in [5, 5.41) is 18.9. The Morgan fingerprint density at radius 2 is 0.894 bits per heavy atom. The lowest BCUT2D eigenvalue weighted by atomic mass is 9.99. The zero-order valence-corrected chi connectivity index (χ0v) is 40.3. The van der Waals surface area contributed by atoms with Crippen LogP contribution in [-0.4, -0.2) is 77.1 Å². The van der Waals surface area contributed by atoms with Crippen LogP contribution in [0.2, 0.25) is 0 Å². The first kappa shape index (κ1) is 49.7. The van der Waals surface area contributed by atoms with Gasteiger partial charge in [0.05, 0.1) is 44.8 Å². The Labute approximate surface area is 389 Å². The van der Waals surface area contributed by atoms with E-state index in [0.29, 0.717) is 22.3 Å². The molecule has 1 aliphatic heterocycles. The van der Waals surface area contributed by atoms with Crippen molar-refractivity contribution in [3.05, 3.63) is 154 Å². The van der Waals surface area contributed by atoms with Gasteiger partial charge in [-0.25, -0.2) is 33.7 Å². The Bertz CT molecular complexity index is 3180. The second-order valence-electron chi connectivity index (χ2n) is 16.0. The summed E-state index contributed by atoms with van der Waals surface area (Å²) in [5.41, 5.74) is 5.31. The van der Waals surface area contributed by atoms with Gasteiger partial charge in [-0.3, -0.25) is 0 Å². The van der Waals surface area contributed by atoms with Crippen molar-refractivity contribution in [2.45, 2.75) is 86.3 Å². The monoisotopic (exact) mass is 966 g/mol. The van der Waals surface area contributed by atoms with Crippen LogP contribution in [0, 0.1) is 62.2 Å². The number of fused-ring (bicyclic) bond motifs is 1. The summed E-state index contributed by atoms with van der Waals surface area (Å²) < 4.78 is 117. The lowest BCUT2D eigenvalue weighted by Gasteiger charge is -2.24. The van der Waals surface area contributed by atoms with Crippen LogP contribution in [0.15, 0.2) is 129 Å². The van der Waals surface area contributed by atoms with E-state index in [4.69, 9.17) is 0 Å². The van der Waals surface area contributed by atoms with Gasteiger partial charge in [0.25, 0.3) is 0 Å². The van der Waals surface area contributed by atoms with Crippen LogP contribution >= 0.6 is 0 Å². The van der Waals surface area contributed by atoms with E-state index in [-0.39, 0.29) is 78.2 Å². The molecule has 1 heterocycles. The second kappa shape index (κ2) is 20.8. The number of aryl methyl sites for hydroxylation is 4. The Morgan fingerprint density at radius 3 is 1.35 bits per heavy atom. The predicted octanol–water partition coefficient (Wildman–Crippen LogP) is 6.53. The SMILES string of the molecule is Cc1ccc(S(=O)(=O)N(CC#CCN(Cc2cc(CN(CCC#N)S(=O)(=O)c3ccc(C)cc3)c3c(c2)CN(S(=O)(=O)c2ccc(C)cc2)C3)S(=O)(=O)c2ccc(C)cc2)CCC#N)cc1. The van der Waals surface area contributed by atoms with Gasteiger partial charge in [-0.15, -0.1) is 0 Å². The van der Waals surface area contributed by atoms with Crippen molar-refractivity contribution in [1.82, 2.24) is 17.2 Å². The number of benzene rings is 5. The van der Waals surface area contributed by atoms with Gasteiger partial charge in [0.2, 0.25) is 40.1 Å². The summed E-state index contributed by atoms with van der Waals surface area (Å²) in [5.74, 6) is 5.66. The molecule has 344 valence electrons. The maximum Gasteiger partial charge on any atom is 0.244 e. The third kappa shape index (κ3) is 11.4. The van der Waals surface area contributed by atoms with Crippen LogP contribution in [0.3, 0.4) is 0 Å². The van der Waals surface area contributed by atoms with E-state index in [1.54, 1.807) is 60.7 Å². The number of rotatable bonds is 18. The molecule has 0 aliphatic carbocycles. The van der Waals surface area contributed by atoms with E-state index in [1.807, 2.05) is 39.8 Å². The van der Waals surface area contributed by atoms with Crippen LogP contribution in [-0.2, 0) is 66.3 Å². The Morgan fingerprint density at radius 1 is 0.500 bits per heavy atom. The molecule has 66 heavy (non-hydrogen) atoms. The van der Waals surface area contributed by atoms with Gasteiger partial charge in [-0.1, -0.05) is 94.8 Å². The summed E-state index contributed by atoms with van der Waals surface area (Å²) >= 11 is 0. The molecular formula is C48H50N6O8S4. The maximum absolute atomic E-state index is 14.5. The zero-order valence-electron chi connectivity index (χ0n) is 37.0. The van der Waals surface area contributed by atoms with E-state index in [2.05, 4.69) is 11.8 Å². The average molecular weight is 967 g/mol. The maximum atomic E-state index is 14.5. The van der Waals surface area contributed by atoms with Gasteiger partial charge < -0.3 is 0 Å². The predicted molar refractivity (Wildman–Crippen MR) is 250 cm³/mol. The third-order valence-corrected chi connectivity index (χ3v) is 18.4. The first-order valence-electron chi connectivity index (χ1n) is 20.9. The second-order valence-corrected chi connectivity index (χ2v) is 23.8. The van der Waals surface area contributed by atoms with Gasteiger partial charge in [-0.05, 0) is 98.5 Å². The first-order chi connectivity index (χ1) is 31.3. The smallest absolute Gasteiger partial charge is 0.207 e. The Balaban J connectivity index is 1.41. The van der Waals surface area contributed by atoms with Gasteiger partial charge in [0.15, 0.2) is 0 Å². The van der Waals surface area contributed by atoms with Crippen molar-refractivity contribution in [2.24, 2.45) is 0 Å². The van der Waals surface area contributed by atoms with Crippen LogP contribution in [0.1, 0.15) is 57.3 Å². The molecule has 0 saturated carbocycles. The topological polar surface area (TPSA) is 197 Å². The van der Waals surface area contributed by atoms with Crippen molar-refractivity contribution in [3.8, 4) is 24.0 Å². The van der Waals surface area contributed by atoms with Crippen LogP contribution in [0.5, 0.6) is 0 Å². The lowest BCUT2D eigenvalue weighted by Crippen LogP contribution is -2.33. The highest BCUT2D eigenvalue weighted by atomic mass is 32.2. The fourth-order valence-electron chi connectivity index (χ4n) is 7.30. The van der Waals surface area contributed by atoms with Gasteiger partial charge in [0, 0.05) is 52.1 Å². The van der Waals surface area contributed by atoms with Crippen LogP contribution in [0.4, 0.5) is 0 Å². The fourth-order valence-corrected chi connectivity index (χ4v) is 12.8. The van der Waals surface area contributed by atoms with E-state index in [0.717, 1.165) is 30.9 Å². The number of hydrogen-bond donors (Lipinski definition) is 0. The first-order valence-corrected chi connectivity index (χ1v) is 26.6. The lowest BCUT2D eigenvalue weighted by molar-refractivity contribution is 0.407. The quantitative estimate of drug-likeness (QED) is 0.0871. The summed E-state index contributed by atoms with van der Waals surface area (Å²) in [6.07, 6.45) is -0.242. The molecule has 1 aliphatic rings. The molecule has 0 N–H and O–H groups in total. The molecule has 18 heteroatoms. The van der Waals surface area contributed by atoms with Crippen LogP contribution in [0.25, 0.3) is 0 Å². The number of nitriles is 2. The van der Waals surface area contributed by atoms with Crippen molar-refractivity contribution in [1.29, 1.82) is 10.5 Å². The molecular weight excluding hydrogens is 917 g/mol. The Hall–Kier alpha value is -5.72. The minimum atomic E-state index is -4.30. The standard InChI is InChI=1S/C48H50N6O8S4/c1-37-9-17-44(18-10-37)63(55,56)51(29-7-25-49)27-5-6-28-52(64(57,58)45-19-11-38(2)12-20-45)33-41-31-42(34-53(30-8-26-50)65(59,60)46-21-13-39(3)14-22-46)48-36-54(35-43(48)32-41)66(61,62)47-23-15-40(4)16-24-47/h9-24,31-32H,7-8,27-30,33-36H2,1-4H3. The highest BCUT2D eigenvalue weighted by Crippen LogP contribution is 2.35. The summed E-state index contributed by atoms with van der Waals surface area (Å²) in [4.78, 5) is 0.0734. The van der Waals surface area contributed by atoms with Crippen molar-refractivity contribution in [2.75, 3.05) is 26.2 Å². The normalized spacial score (nSPS) is 13.3. The minimum Gasteiger partial charge on any atom is -0.207 e. The molecule has 6 rings (SSSR count). The highest BCUT2D eigenvalue weighted by Gasteiger charge is 2.35. The highest BCUT2D eigenvalue weighted by molar-refractivity contribution is 7.90. The largest absolute Gasteiger partial charge is 0.244 e. The molecule has 0 aromatic heterocycles. The zero-order chi connectivity index (χ0) is 47.9. The van der Waals surface area contributed by atoms with Crippen molar-refractivity contribution < 1.29 is 33.7 Å². The van der Waals surface area contributed by atoms with Crippen molar-refractivity contribution in [3.63, 3.8) is 0 Å². The molecule has 0 bridgehead atoms. The molecule has 0 amide bonds. The van der Waals surface area contributed by atoms with E-state index in [1.165, 1.54) is 57.1 Å². The third-order valence-electron chi connectivity index (χ3n) is 11.1. The molecule has 0 atom stereocenters. The van der Waals surface area contributed by atoms with E-state index < -0.39 is 46.6 Å². The summed E-state index contributed by atoms with van der Waals surface area (Å²) in [7, 11) is -16.6. The summed E-state index contributed by atoms with van der Waals surface area (Å²) in [6, 6.07) is 32.6. The van der Waals surface area contributed by atoms with Crippen molar-refractivity contribution >= 4 is 40.1 Å². The Kier molecular flexibility index (Phi) is 15.7.